The van der Waals surface area contributed by atoms with Crippen molar-refractivity contribution in [1.82, 2.24) is 15.1 Å². The van der Waals surface area contributed by atoms with Gasteiger partial charge in [0.2, 0.25) is 17.7 Å². The number of hydrogen-bond donors (Lipinski definition) is 0. The van der Waals surface area contributed by atoms with Crippen molar-refractivity contribution in [3.63, 3.8) is 0 Å². The third-order valence-electron chi connectivity index (χ3n) is 4.59. The topological polar surface area (TPSA) is 71.7 Å². The lowest BCUT2D eigenvalue weighted by molar-refractivity contribution is -0.139. The van der Waals surface area contributed by atoms with E-state index in [9.17, 15) is 4.79 Å². The van der Waals surface area contributed by atoms with E-state index in [1.54, 1.807) is 11.8 Å². The smallest absolute Gasteiger partial charge is 0.242 e. The molecule has 1 atom stereocenters. The second kappa shape index (κ2) is 6.24. The first kappa shape index (κ1) is 15.1. The number of morpholine rings is 1. The Bertz CT molecular complexity index is 745. The molecule has 0 unspecified atom stereocenters. The Balaban J connectivity index is 1.50. The van der Waals surface area contributed by atoms with Crippen LogP contribution >= 0.6 is 0 Å². The van der Waals surface area contributed by atoms with Crippen molar-refractivity contribution in [2.45, 2.75) is 19.4 Å². The van der Waals surface area contributed by atoms with Gasteiger partial charge in [-0.25, -0.2) is 0 Å². The van der Waals surface area contributed by atoms with Gasteiger partial charge in [0.1, 0.15) is 6.04 Å². The second-order valence-corrected chi connectivity index (χ2v) is 6.14. The van der Waals surface area contributed by atoms with Crippen LogP contribution in [0.3, 0.4) is 0 Å². The largest absolute Gasteiger partial charge is 0.423 e. The van der Waals surface area contributed by atoms with Crippen molar-refractivity contribution in [1.29, 1.82) is 0 Å². The van der Waals surface area contributed by atoms with Crippen molar-refractivity contribution < 1.29 is 13.9 Å². The maximum absolute atomic E-state index is 12.9. The zero-order valence-corrected chi connectivity index (χ0v) is 13.6. The highest BCUT2D eigenvalue weighted by Crippen LogP contribution is 2.28. The van der Waals surface area contributed by atoms with Gasteiger partial charge in [-0.05, 0) is 18.1 Å². The molecule has 1 aromatic carbocycles. The van der Waals surface area contributed by atoms with E-state index < -0.39 is 0 Å². The van der Waals surface area contributed by atoms with E-state index in [0.717, 1.165) is 18.7 Å². The SMILES string of the molecule is Cc1nnc([C@@H]2COCCN2C(=O)CN2CCc3ccccc32)o1. The Morgan fingerprint density at radius 3 is 3.00 bits per heavy atom. The number of aryl methyl sites for hydroxylation is 1. The number of carbonyl (C=O) groups excluding carboxylic acids is 1. The van der Waals surface area contributed by atoms with Crippen LogP contribution in [0.1, 0.15) is 23.4 Å². The molecule has 3 heterocycles. The molecular weight excluding hydrogens is 308 g/mol. The number of benzene rings is 1. The lowest BCUT2D eigenvalue weighted by Gasteiger charge is -2.34. The van der Waals surface area contributed by atoms with E-state index in [1.165, 1.54) is 5.56 Å². The molecule has 0 saturated carbocycles. The zero-order chi connectivity index (χ0) is 16.5. The minimum Gasteiger partial charge on any atom is -0.423 e. The Kier molecular flexibility index (Phi) is 3.93. The van der Waals surface area contributed by atoms with Crippen LogP contribution in [0.25, 0.3) is 0 Å². The number of para-hydroxylation sites is 1. The predicted molar refractivity (Wildman–Crippen MR) is 86.7 cm³/mol. The molecule has 2 aliphatic rings. The van der Waals surface area contributed by atoms with E-state index in [-0.39, 0.29) is 11.9 Å². The van der Waals surface area contributed by atoms with Crippen LogP contribution in [0.2, 0.25) is 0 Å². The highest BCUT2D eigenvalue weighted by atomic mass is 16.5. The lowest BCUT2D eigenvalue weighted by Crippen LogP contribution is -2.47. The van der Waals surface area contributed by atoms with Gasteiger partial charge in [-0.1, -0.05) is 18.2 Å². The molecule has 7 nitrogen and oxygen atoms in total. The molecule has 24 heavy (non-hydrogen) atoms. The van der Waals surface area contributed by atoms with Gasteiger partial charge in [0, 0.05) is 25.7 Å². The van der Waals surface area contributed by atoms with Crippen molar-refractivity contribution in [3.8, 4) is 0 Å². The summed E-state index contributed by atoms with van der Waals surface area (Å²) >= 11 is 0. The summed E-state index contributed by atoms with van der Waals surface area (Å²) in [7, 11) is 0. The Hall–Kier alpha value is -2.41. The van der Waals surface area contributed by atoms with Crippen LogP contribution in [0, 0.1) is 6.92 Å². The fourth-order valence-electron chi connectivity index (χ4n) is 3.38. The minimum atomic E-state index is -0.301. The molecule has 4 rings (SSSR count). The van der Waals surface area contributed by atoms with E-state index in [4.69, 9.17) is 9.15 Å². The second-order valence-electron chi connectivity index (χ2n) is 6.14. The van der Waals surface area contributed by atoms with Gasteiger partial charge < -0.3 is 19.0 Å². The third kappa shape index (κ3) is 2.75. The molecule has 0 N–H and O–H groups in total. The molecule has 126 valence electrons. The summed E-state index contributed by atoms with van der Waals surface area (Å²) in [6.45, 7) is 4.45. The standard InChI is InChI=1S/C17H20N4O3/c1-12-18-19-17(24-12)15-11-23-9-8-21(15)16(22)10-20-7-6-13-4-2-3-5-14(13)20/h2-5,15H,6-11H2,1H3/t15-/m0/s1. The van der Waals surface area contributed by atoms with E-state index in [2.05, 4.69) is 27.2 Å². The summed E-state index contributed by atoms with van der Waals surface area (Å²) in [5, 5.41) is 7.93. The van der Waals surface area contributed by atoms with Gasteiger partial charge >= 0.3 is 0 Å². The monoisotopic (exact) mass is 328 g/mol. The number of amides is 1. The van der Waals surface area contributed by atoms with Crippen LogP contribution < -0.4 is 4.90 Å². The van der Waals surface area contributed by atoms with E-state index in [0.29, 0.717) is 38.1 Å². The number of carbonyl (C=O) groups is 1. The van der Waals surface area contributed by atoms with Gasteiger partial charge in [-0.2, -0.15) is 0 Å². The third-order valence-corrected chi connectivity index (χ3v) is 4.59. The Labute approximate surface area is 140 Å². The van der Waals surface area contributed by atoms with E-state index >= 15 is 0 Å². The number of rotatable bonds is 3. The molecule has 1 amide bonds. The highest BCUT2D eigenvalue weighted by Gasteiger charge is 2.33. The average Bonchev–Trinajstić information content (AvgIpc) is 3.22. The zero-order valence-electron chi connectivity index (χ0n) is 13.6. The molecule has 7 heteroatoms. The van der Waals surface area contributed by atoms with Crippen molar-refractivity contribution >= 4 is 11.6 Å². The summed E-state index contributed by atoms with van der Waals surface area (Å²) < 4.78 is 11.0. The number of aromatic nitrogens is 2. The maximum atomic E-state index is 12.9. The minimum absolute atomic E-state index is 0.0656. The van der Waals surface area contributed by atoms with Crippen LogP contribution in [-0.2, 0) is 16.0 Å². The number of anilines is 1. The predicted octanol–water partition coefficient (Wildman–Crippen LogP) is 1.34. The molecule has 0 bridgehead atoms. The molecule has 2 aromatic rings. The molecule has 1 aromatic heterocycles. The first-order chi connectivity index (χ1) is 11.7. The quantitative estimate of drug-likeness (QED) is 0.847. The van der Waals surface area contributed by atoms with Crippen molar-refractivity contribution in [2.75, 3.05) is 37.7 Å². The van der Waals surface area contributed by atoms with E-state index in [1.807, 2.05) is 12.1 Å². The lowest BCUT2D eigenvalue weighted by atomic mass is 10.2. The summed E-state index contributed by atoms with van der Waals surface area (Å²) in [5.74, 6) is 1.01. The molecular formula is C17H20N4O3. The van der Waals surface area contributed by atoms with Crippen LogP contribution in [0.5, 0.6) is 0 Å². The average molecular weight is 328 g/mol. The number of hydrogen-bond acceptors (Lipinski definition) is 6. The molecule has 2 aliphatic heterocycles. The normalized spacial score (nSPS) is 20.3. The molecule has 0 aliphatic carbocycles. The first-order valence-electron chi connectivity index (χ1n) is 8.22. The number of nitrogens with zero attached hydrogens (tertiary/aromatic N) is 4. The van der Waals surface area contributed by atoms with Gasteiger partial charge in [-0.3, -0.25) is 4.79 Å². The first-order valence-corrected chi connectivity index (χ1v) is 8.22. The van der Waals surface area contributed by atoms with Crippen LogP contribution in [-0.4, -0.2) is 53.9 Å². The Morgan fingerprint density at radius 2 is 2.17 bits per heavy atom. The number of ether oxygens (including phenoxy) is 1. The number of fused-ring (bicyclic) bond motifs is 1. The fourth-order valence-corrected chi connectivity index (χ4v) is 3.38. The van der Waals surface area contributed by atoms with Gasteiger partial charge in [0.25, 0.3) is 0 Å². The van der Waals surface area contributed by atoms with Gasteiger partial charge in [0.05, 0.1) is 19.8 Å². The summed E-state index contributed by atoms with van der Waals surface area (Å²) in [4.78, 5) is 16.8. The molecule has 1 fully saturated rings. The molecule has 0 spiro atoms. The van der Waals surface area contributed by atoms with Crippen LogP contribution in [0.15, 0.2) is 28.7 Å². The Morgan fingerprint density at radius 1 is 1.29 bits per heavy atom. The van der Waals surface area contributed by atoms with Crippen molar-refractivity contribution in [3.05, 3.63) is 41.6 Å². The fraction of sp³-hybridized carbons (Fsp3) is 0.471. The van der Waals surface area contributed by atoms with Gasteiger partial charge in [0.15, 0.2) is 0 Å². The molecule has 1 saturated heterocycles. The maximum Gasteiger partial charge on any atom is 0.242 e. The van der Waals surface area contributed by atoms with Gasteiger partial charge in [-0.15, -0.1) is 10.2 Å². The summed E-state index contributed by atoms with van der Waals surface area (Å²) in [6, 6.07) is 7.96. The summed E-state index contributed by atoms with van der Waals surface area (Å²) in [5.41, 5.74) is 2.46. The van der Waals surface area contributed by atoms with Crippen LogP contribution in [0.4, 0.5) is 5.69 Å². The summed E-state index contributed by atoms with van der Waals surface area (Å²) in [6.07, 6.45) is 0.985. The van der Waals surface area contributed by atoms with Crippen molar-refractivity contribution in [2.24, 2.45) is 0 Å². The molecule has 0 radical (unpaired) electrons. The highest BCUT2D eigenvalue weighted by molar-refractivity contribution is 5.83.